The van der Waals surface area contributed by atoms with Gasteiger partial charge in [0.1, 0.15) is 11.5 Å². The van der Waals surface area contributed by atoms with Crippen LogP contribution in [0.25, 0.3) is 6.08 Å². The molecule has 0 atom stereocenters. The zero-order valence-corrected chi connectivity index (χ0v) is 9.61. The number of hydrogen-bond acceptors (Lipinski definition) is 4. The number of nitrogens with zero attached hydrogens (tertiary/aromatic N) is 1. The third kappa shape index (κ3) is 1.88. The molecular formula is C12H12N2O3. The van der Waals surface area contributed by atoms with E-state index in [9.17, 15) is 9.59 Å². The van der Waals surface area contributed by atoms with Crippen LogP contribution in [0.3, 0.4) is 0 Å². The molecule has 0 unspecified atom stereocenters. The molecule has 0 spiro atoms. The van der Waals surface area contributed by atoms with E-state index >= 15 is 0 Å². The second-order valence-electron chi connectivity index (χ2n) is 3.60. The summed E-state index contributed by atoms with van der Waals surface area (Å²) in [5.41, 5.74) is 0.600. The summed E-state index contributed by atoms with van der Waals surface area (Å²) in [6, 6.07) is 0. The Balaban J connectivity index is 2.63. The van der Waals surface area contributed by atoms with Crippen LogP contribution in [0.4, 0.5) is 5.82 Å². The highest BCUT2D eigenvalue weighted by molar-refractivity contribution is 5.78. The molecule has 5 heteroatoms. The Hall–Kier alpha value is -2.26. The van der Waals surface area contributed by atoms with Crippen molar-refractivity contribution in [3.8, 4) is 5.75 Å². The first-order valence-electron chi connectivity index (χ1n) is 5.24. The molecule has 1 aromatic heterocycles. The van der Waals surface area contributed by atoms with Crippen molar-refractivity contribution in [2.45, 2.75) is 6.92 Å². The lowest BCUT2D eigenvalue weighted by Crippen LogP contribution is -2.20. The molecule has 0 bridgehead atoms. The smallest absolute Gasteiger partial charge is 0.232 e. The number of rotatable bonds is 2. The van der Waals surface area contributed by atoms with Gasteiger partial charge in [0.25, 0.3) is 0 Å². The molecule has 0 radical (unpaired) electrons. The van der Waals surface area contributed by atoms with Crippen molar-refractivity contribution in [1.82, 2.24) is 4.57 Å². The maximum atomic E-state index is 12.0. The number of aryl methyl sites for hydroxylation is 1. The van der Waals surface area contributed by atoms with Gasteiger partial charge in [-0.15, -0.1) is 0 Å². The Morgan fingerprint density at radius 3 is 2.88 bits per heavy atom. The van der Waals surface area contributed by atoms with Crippen LogP contribution in [0.15, 0.2) is 22.8 Å². The van der Waals surface area contributed by atoms with Crippen molar-refractivity contribution in [2.24, 2.45) is 7.05 Å². The van der Waals surface area contributed by atoms with Crippen molar-refractivity contribution in [3.05, 3.63) is 33.8 Å². The average Bonchev–Trinajstić information content (AvgIpc) is 2.35. The largest absolute Gasteiger partial charge is 0.488 e. The molecule has 1 aliphatic rings. The summed E-state index contributed by atoms with van der Waals surface area (Å²) in [4.78, 5) is 22.6. The van der Waals surface area contributed by atoms with Crippen LogP contribution in [0.1, 0.15) is 12.5 Å². The number of anilines is 1. The van der Waals surface area contributed by atoms with Gasteiger partial charge < -0.3 is 14.6 Å². The molecule has 1 aromatic rings. The van der Waals surface area contributed by atoms with E-state index < -0.39 is 0 Å². The number of carbonyl (C=O) groups excluding carboxylic acids is 1. The normalized spacial score (nSPS) is 12.7. The Morgan fingerprint density at radius 2 is 2.24 bits per heavy atom. The molecule has 0 amide bonds. The van der Waals surface area contributed by atoms with Gasteiger partial charge in [-0.2, -0.15) is 0 Å². The summed E-state index contributed by atoms with van der Waals surface area (Å²) < 4.78 is 6.97. The Bertz CT molecular complexity index is 593. The maximum Gasteiger partial charge on any atom is 0.232 e. The number of nitrogens with one attached hydrogen (secondary N) is 1. The van der Waals surface area contributed by atoms with E-state index in [1.165, 1.54) is 6.08 Å². The fourth-order valence-corrected chi connectivity index (χ4v) is 1.69. The van der Waals surface area contributed by atoms with Crippen molar-refractivity contribution in [3.63, 3.8) is 0 Å². The van der Waals surface area contributed by atoms with Crippen LogP contribution in [0, 0.1) is 0 Å². The van der Waals surface area contributed by atoms with E-state index in [0.29, 0.717) is 29.4 Å². The lowest BCUT2D eigenvalue weighted by Gasteiger charge is -2.18. The molecule has 88 valence electrons. The highest BCUT2D eigenvalue weighted by Gasteiger charge is 2.16. The van der Waals surface area contributed by atoms with E-state index in [1.54, 1.807) is 29.8 Å². The zero-order valence-electron chi connectivity index (χ0n) is 9.61. The number of aromatic nitrogens is 1. The van der Waals surface area contributed by atoms with Crippen molar-refractivity contribution in [1.29, 1.82) is 0 Å². The number of fused-ring (bicyclic) bond motifs is 1. The molecule has 0 saturated carbocycles. The van der Waals surface area contributed by atoms with Gasteiger partial charge in [-0.3, -0.25) is 4.79 Å². The third-order valence-electron chi connectivity index (χ3n) is 2.47. The predicted octanol–water partition coefficient (Wildman–Crippen LogP) is 0.938. The highest BCUT2D eigenvalue weighted by atomic mass is 16.5. The Morgan fingerprint density at radius 1 is 1.47 bits per heavy atom. The quantitative estimate of drug-likeness (QED) is 0.771. The summed E-state index contributed by atoms with van der Waals surface area (Å²) in [6.07, 6.45) is 4.71. The number of hydrogen-bond donors (Lipinski definition) is 1. The molecule has 1 N–H and O–H groups in total. The molecule has 0 saturated heterocycles. The molecule has 0 aliphatic carbocycles. The van der Waals surface area contributed by atoms with Crippen LogP contribution < -0.4 is 15.5 Å². The summed E-state index contributed by atoms with van der Waals surface area (Å²) in [5, 5.41) is 2.84. The van der Waals surface area contributed by atoms with Crippen LogP contribution in [-0.4, -0.2) is 17.1 Å². The molecule has 2 rings (SSSR count). The van der Waals surface area contributed by atoms with Gasteiger partial charge in [0, 0.05) is 7.05 Å². The van der Waals surface area contributed by atoms with E-state index in [2.05, 4.69) is 5.32 Å². The van der Waals surface area contributed by atoms with Gasteiger partial charge in [0.05, 0.1) is 18.4 Å². The molecule has 2 heterocycles. The monoisotopic (exact) mass is 232 g/mol. The van der Waals surface area contributed by atoms with E-state index in [0.717, 1.165) is 0 Å². The molecule has 17 heavy (non-hydrogen) atoms. The van der Waals surface area contributed by atoms with Crippen molar-refractivity contribution < 1.29 is 9.53 Å². The van der Waals surface area contributed by atoms with Crippen LogP contribution in [0.2, 0.25) is 0 Å². The molecule has 0 fully saturated rings. The second kappa shape index (κ2) is 4.31. The number of pyridine rings is 1. The number of ether oxygens (including phenoxy) is 1. The van der Waals surface area contributed by atoms with Gasteiger partial charge in [0.15, 0.2) is 11.7 Å². The van der Waals surface area contributed by atoms with Crippen LogP contribution in [0.5, 0.6) is 5.75 Å². The summed E-state index contributed by atoms with van der Waals surface area (Å²) >= 11 is 0. The maximum absolute atomic E-state index is 12.0. The first-order chi connectivity index (χ1) is 8.17. The fraction of sp³-hybridized carbons (Fsp3) is 0.250. The Kier molecular flexibility index (Phi) is 2.85. The van der Waals surface area contributed by atoms with Gasteiger partial charge in [0.2, 0.25) is 5.43 Å². The Labute approximate surface area is 98.0 Å². The second-order valence-corrected chi connectivity index (χ2v) is 3.60. The van der Waals surface area contributed by atoms with Gasteiger partial charge in [-0.25, -0.2) is 4.79 Å². The van der Waals surface area contributed by atoms with Crippen molar-refractivity contribution >= 4 is 17.8 Å². The summed E-state index contributed by atoms with van der Waals surface area (Å²) in [5.74, 6) is 2.63. The lowest BCUT2D eigenvalue weighted by atomic mass is 10.1. The molecular weight excluding hydrogens is 220 g/mol. The van der Waals surface area contributed by atoms with Gasteiger partial charge in [-0.1, -0.05) is 0 Å². The predicted molar refractivity (Wildman–Crippen MR) is 64.7 cm³/mol. The minimum atomic E-state index is -0.186. The van der Waals surface area contributed by atoms with E-state index in [1.807, 2.05) is 6.92 Å². The molecule has 1 aliphatic heterocycles. The van der Waals surface area contributed by atoms with Crippen LogP contribution in [-0.2, 0) is 11.8 Å². The first kappa shape index (κ1) is 11.2. The van der Waals surface area contributed by atoms with E-state index in [-0.39, 0.29) is 5.43 Å². The van der Waals surface area contributed by atoms with Crippen molar-refractivity contribution in [2.75, 3.05) is 11.9 Å². The van der Waals surface area contributed by atoms with Crippen LogP contribution >= 0.6 is 0 Å². The van der Waals surface area contributed by atoms with Gasteiger partial charge >= 0.3 is 0 Å². The fourth-order valence-electron chi connectivity index (χ4n) is 1.69. The SMILES string of the molecule is CCOc1cn(C)c2c(c1=O)C=CC(=C=O)N2. The highest BCUT2D eigenvalue weighted by Crippen LogP contribution is 2.22. The minimum Gasteiger partial charge on any atom is -0.488 e. The topological polar surface area (TPSA) is 60.3 Å². The zero-order chi connectivity index (χ0) is 12.4. The first-order valence-corrected chi connectivity index (χ1v) is 5.24. The summed E-state index contributed by atoms with van der Waals surface area (Å²) in [7, 11) is 1.77. The minimum absolute atomic E-state index is 0.186. The molecule has 5 nitrogen and oxygen atoms in total. The van der Waals surface area contributed by atoms with Gasteiger partial charge in [-0.05, 0) is 19.1 Å². The summed E-state index contributed by atoms with van der Waals surface area (Å²) in [6.45, 7) is 2.25. The average molecular weight is 232 g/mol. The number of allylic oxidation sites excluding steroid dienone is 1. The lowest BCUT2D eigenvalue weighted by molar-refractivity contribution is 0.334. The molecule has 0 aromatic carbocycles. The standard InChI is InChI=1S/C12H12N2O3/c1-3-17-10-6-14(2)12-9(11(10)16)5-4-8(7-15)13-12/h4-6,13H,3H2,1-2H3. The van der Waals surface area contributed by atoms with E-state index in [4.69, 9.17) is 4.74 Å². The third-order valence-corrected chi connectivity index (χ3v) is 2.47.